The Balaban J connectivity index is 1.66. The number of hydrogen-bond acceptors (Lipinski definition) is 7. The van der Waals surface area contributed by atoms with E-state index < -0.39 is 16.0 Å². The summed E-state index contributed by atoms with van der Waals surface area (Å²) in [5.74, 6) is -1.00. The summed E-state index contributed by atoms with van der Waals surface area (Å²) in [7, 11) is -2.27. The molecule has 1 aliphatic heterocycles. The Bertz CT molecular complexity index is 1070. The van der Waals surface area contributed by atoms with Crippen LogP contribution in [-0.4, -0.2) is 51.1 Å². The van der Waals surface area contributed by atoms with Crippen LogP contribution in [0.4, 0.5) is 5.00 Å². The van der Waals surface area contributed by atoms with Crippen molar-refractivity contribution >= 4 is 50.0 Å². The Morgan fingerprint density at radius 1 is 1.16 bits per heavy atom. The van der Waals surface area contributed by atoms with Crippen molar-refractivity contribution in [2.75, 3.05) is 31.8 Å². The molecule has 1 saturated heterocycles. The second kappa shape index (κ2) is 9.72. The molecule has 0 spiro atoms. The Labute approximate surface area is 191 Å². The number of ether oxygens (including phenoxy) is 1. The van der Waals surface area contributed by atoms with Crippen molar-refractivity contribution in [1.29, 1.82) is 0 Å². The highest BCUT2D eigenvalue weighted by Gasteiger charge is 2.33. The summed E-state index contributed by atoms with van der Waals surface area (Å²) in [6, 6.07) is 6.83. The Morgan fingerprint density at radius 2 is 1.77 bits per heavy atom. The van der Waals surface area contributed by atoms with E-state index in [-0.39, 0.29) is 29.8 Å². The number of nitrogens with zero attached hydrogens (tertiary/aromatic N) is 1. The number of nitrogens with one attached hydrogen (secondary N) is 1. The molecule has 7 nitrogen and oxygen atoms in total. The predicted octanol–water partition coefficient (Wildman–Crippen LogP) is 3.91. The molecule has 1 N–H and O–H groups in total. The number of thioether (sulfide) groups is 1. The van der Waals surface area contributed by atoms with Gasteiger partial charge in [0.2, 0.25) is 15.9 Å². The molecule has 0 aliphatic carbocycles. The zero-order valence-corrected chi connectivity index (χ0v) is 20.4. The molecule has 1 amide bonds. The number of hydrogen-bond donors (Lipinski definition) is 1. The van der Waals surface area contributed by atoms with Crippen molar-refractivity contribution in [2.24, 2.45) is 5.92 Å². The van der Waals surface area contributed by atoms with Gasteiger partial charge in [0.25, 0.3) is 0 Å². The summed E-state index contributed by atoms with van der Waals surface area (Å²) in [4.78, 5) is 27.1. The van der Waals surface area contributed by atoms with Gasteiger partial charge >= 0.3 is 5.97 Å². The molecule has 31 heavy (non-hydrogen) atoms. The lowest BCUT2D eigenvalue weighted by Gasteiger charge is -2.30. The van der Waals surface area contributed by atoms with Crippen LogP contribution in [0.25, 0.3) is 0 Å². The van der Waals surface area contributed by atoms with E-state index in [1.54, 1.807) is 36.0 Å². The fraction of sp³-hybridized carbons (Fsp3) is 0.429. The summed E-state index contributed by atoms with van der Waals surface area (Å²) >= 11 is 2.89. The minimum absolute atomic E-state index is 0.201. The number of thiophene rings is 1. The van der Waals surface area contributed by atoms with Crippen molar-refractivity contribution in [3.05, 3.63) is 40.3 Å². The lowest BCUT2D eigenvalue weighted by molar-refractivity contribution is -0.120. The maximum atomic E-state index is 12.9. The largest absolute Gasteiger partial charge is 0.465 e. The first-order valence-electron chi connectivity index (χ1n) is 9.82. The Morgan fingerprint density at radius 3 is 2.32 bits per heavy atom. The highest BCUT2D eigenvalue weighted by atomic mass is 32.2. The van der Waals surface area contributed by atoms with Gasteiger partial charge in [0.05, 0.1) is 17.6 Å². The molecule has 168 valence electrons. The molecule has 0 atom stereocenters. The van der Waals surface area contributed by atoms with Crippen LogP contribution in [0.5, 0.6) is 0 Å². The molecule has 1 aliphatic rings. The summed E-state index contributed by atoms with van der Waals surface area (Å²) < 4.78 is 32.1. The van der Waals surface area contributed by atoms with Gasteiger partial charge < -0.3 is 10.1 Å². The SMILES string of the molecule is COC(=O)c1c(NC(=O)C2CCN(S(=O)(=O)c3ccc(SC)cc3)CC2)sc(C)c1C. The predicted molar refractivity (Wildman–Crippen MR) is 123 cm³/mol. The van der Waals surface area contributed by atoms with E-state index >= 15 is 0 Å². The Hall–Kier alpha value is -1.88. The molecule has 2 heterocycles. The molecule has 1 aromatic carbocycles. The van der Waals surface area contributed by atoms with E-state index in [0.29, 0.717) is 23.4 Å². The molecule has 0 unspecified atom stereocenters. The lowest BCUT2D eigenvalue weighted by atomic mass is 9.97. The van der Waals surface area contributed by atoms with E-state index in [4.69, 9.17) is 4.74 Å². The molecule has 10 heteroatoms. The number of sulfonamides is 1. The molecular formula is C21H26N2O5S3. The van der Waals surface area contributed by atoms with Crippen LogP contribution in [0.3, 0.4) is 0 Å². The molecule has 1 aromatic heterocycles. The molecule has 0 radical (unpaired) electrons. The van der Waals surface area contributed by atoms with E-state index in [2.05, 4.69) is 5.32 Å². The van der Waals surface area contributed by atoms with Crippen molar-refractivity contribution in [2.45, 2.75) is 36.5 Å². The van der Waals surface area contributed by atoms with Gasteiger partial charge in [-0.05, 0) is 62.8 Å². The van der Waals surface area contributed by atoms with Crippen LogP contribution >= 0.6 is 23.1 Å². The minimum Gasteiger partial charge on any atom is -0.465 e. The number of esters is 1. The first-order valence-corrected chi connectivity index (χ1v) is 13.3. The minimum atomic E-state index is -3.59. The van der Waals surface area contributed by atoms with Crippen molar-refractivity contribution in [3.8, 4) is 0 Å². The number of methoxy groups -OCH3 is 1. The average Bonchev–Trinajstić information content (AvgIpc) is 3.06. The monoisotopic (exact) mass is 482 g/mol. The number of amides is 1. The van der Waals surface area contributed by atoms with Crippen molar-refractivity contribution in [1.82, 2.24) is 4.31 Å². The number of carbonyl (C=O) groups is 2. The zero-order valence-electron chi connectivity index (χ0n) is 17.9. The van der Waals surface area contributed by atoms with Crippen LogP contribution in [0.1, 0.15) is 33.6 Å². The van der Waals surface area contributed by atoms with Gasteiger partial charge in [-0.25, -0.2) is 13.2 Å². The fourth-order valence-corrected chi connectivity index (χ4v) is 6.46. The summed E-state index contributed by atoms with van der Waals surface area (Å²) in [6.45, 7) is 4.26. The summed E-state index contributed by atoms with van der Waals surface area (Å²) in [6.07, 6.45) is 2.78. The molecule has 1 fully saturated rings. The maximum Gasteiger partial charge on any atom is 0.341 e. The van der Waals surface area contributed by atoms with Crippen molar-refractivity contribution < 1.29 is 22.7 Å². The maximum absolute atomic E-state index is 12.9. The fourth-order valence-electron chi connectivity index (χ4n) is 3.53. The van der Waals surface area contributed by atoms with Gasteiger partial charge in [-0.1, -0.05) is 0 Å². The van der Waals surface area contributed by atoms with Crippen LogP contribution in [0, 0.1) is 19.8 Å². The standard InChI is InChI=1S/C21H26N2O5S3/c1-13-14(2)30-20(18(13)21(25)28-3)22-19(24)15-9-11-23(12-10-15)31(26,27)17-7-5-16(29-4)6-8-17/h5-8,15H,9-12H2,1-4H3,(H,22,24). The van der Waals surface area contributed by atoms with Gasteiger partial charge in [-0.2, -0.15) is 4.31 Å². The van der Waals surface area contributed by atoms with Crippen LogP contribution in [-0.2, 0) is 19.6 Å². The highest BCUT2D eigenvalue weighted by molar-refractivity contribution is 7.98. The third-order valence-electron chi connectivity index (χ3n) is 5.53. The molecule has 2 aromatic rings. The Kier molecular flexibility index (Phi) is 7.46. The summed E-state index contributed by atoms with van der Waals surface area (Å²) in [5, 5.41) is 3.35. The summed E-state index contributed by atoms with van der Waals surface area (Å²) in [5.41, 5.74) is 1.17. The lowest BCUT2D eigenvalue weighted by Crippen LogP contribution is -2.41. The molecule has 0 bridgehead atoms. The average molecular weight is 483 g/mol. The second-order valence-corrected chi connectivity index (χ2v) is 11.4. The number of piperidine rings is 1. The second-order valence-electron chi connectivity index (χ2n) is 7.32. The third kappa shape index (κ3) is 4.97. The molecule has 0 saturated carbocycles. The zero-order chi connectivity index (χ0) is 22.8. The van der Waals surface area contributed by atoms with Crippen molar-refractivity contribution in [3.63, 3.8) is 0 Å². The van der Waals surface area contributed by atoms with E-state index in [1.807, 2.05) is 20.1 Å². The van der Waals surface area contributed by atoms with Gasteiger partial charge in [-0.15, -0.1) is 23.1 Å². The van der Waals surface area contributed by atoms with Gasteiger partial charge in [0, 0.05) is 28.8 Å². The quantitative estimate of drug-likeness (QED) is 0.496. The van der Waals surface area contributed by atoms with Gasteiger partial charge in [-0.3, -0.25) is 4.79 Å². The smallest absolute Gasteiger partial charge is 0.341 e. The number of aryl methyl sites for hydroxylation is 1. The van der Waals surface area contributed by atoms with Crippen LogP contribution in [0.2, 0.25) is 0 Å². The molecule has 3 rings (SSSR count). The molecular weight excluding hydrogens is 456 g/mol. The third-order valence-corrected chi connectivity index (χ3v) is 9.31. The van der Waals surface area contributed by atoms with E-state index in [0.717, 1.165) is 15.3 Å². The first kappa shape index (κ1) is 23.8. The number of rotatable bonds is 6. The normalized spacial score (nSPS) is 15.6. The van der Waals surface area contributed by atoms with Crippen LogP contribution < -0.4 is 5.32 Å². The highest BCUT2D eigenvalue weighted by Crippen LogP contribution is 2.34. The van der Waals surface area contributed by atoms with Gasteiger partial charge in [0.1, 0.15) is 5.00 Å². The van der Waals surface area contributed by atoms with Gasteiger partial charge in [0.15, 0.2) is 0 Å². The van der Waals surface area contributed by atoms with E-state index in [9.17, 15) is 18.0 Å². The first-order chi connectivity index (χ1) is 14.7. The topological polar surface area (TPSA) is 92.8 Å². The van der Waals surface area contributed by atoms with Crippen LogP contribution in [0.15, 0.2) is 34.1 Å². The van der Waals surface area contributed by atoms with E-state index in [1.165, 1.54) is 22.8 Å². The number of benzene rings is 1. The number of carbonyl (C=O) groups excluding carboxylic acids is 2. The number of anilines is 1.